The van der Waals surface area contributed by atoms with Gasteiger partial charge in [-0.25, -0.2) is 4.98 Å². The quantitative estimate of drug-likeness (QED) is 0.409. The Bertz CT molecular complexity index is 1220. The van der Waals surface area contributed by atoms with Gasteiger partial charge in [-0.05, 0) is 66.7 Å². The molecule has 0 N–H and O–H groups in total. The summed E-state index contributed by atoms with van der Waals surface area (Å²) in [6.07, 6.45) is 13.7. The summed E-state index contributed by atoms with van der Waals surface area (Å²) < 4.78 is 0. The number of carbonyl (C=O) groups excluding carboxylic acids is 1. The molecule has 1 aromatic carbocycles. The predicted octanol–water partition coefficient (Wildman–Crippen LogP) is 7.77. The van der Waals surface area contributed by atoms with Gasteiger partial charge in [0.2, 0.25) is 0 Å². The van der Waals surface area contributed by atoms with Crippen LogP contribution in [0.25, 0.3) is 11.1 Å². The summed E-state index contributed by atoms with van der Waals surface area (Å²) in [6.45, 7) is 4.38. The van der Waals surface area contributed by atoms with Crippen molar-refractivity contribution in [3.8, 4) is 0 Å². The third kappa shape index (κ3) is 4.01. The Morgan fingerprint density at radius 2 is 1.94 bits per heavy atom. The Kier molecular flexibility index (Phi) is 5.33. The first-order valence-corrected chi connectivity index (χ1v) is 13.4. The van der Waals surface area contributed by atoms with Crippen molar-refractivity contribution < 1.29 is 4.79 Å². The first-order chi connectivity index (χ1) is 16.1. The molecule has 2 fully saturated rings. The molecule has 0 saturated heterocycles. The molecule has 2 saturated carbocycles. The maximum atomic E-state index is 13.2. The van der Waals surface area contributed by atoms with E-state index in [4.69, 9.17) is 4.98 Å². The summed E-state index contributed by atoms with van der Waals surface area (Å²) in [4.78, 5) is 18.3. The molecule has 1 heterocycles. The van der Waals surface area contributed by atoms with E-state index in [-0.39, 0.29) is 5.92 Å². The monoisotopic (exact) mass is 453 g/mol. The lowest BCUT2D eigenvalue weighted by atomic mass is 9.87. The first kappa shape index (κ1) is 21.0. The number of fused-ring (bicyclic) bond motifs is 1. The van der Waals surface area contributed by atoms with E-state index in [1.165, 1.54) is 47.1 Å². The van der Waals surface area contributed by atoms with Crippen molar-refractivity contribution in [2.24, 2.45) is 17.8 Å². The Labute approximate surface area is 200 Å². The van der Waals surface area contributed by atoms with Crippen LogP contribution in [-0.2, 0) is 4.79 Å². The summed E-state index contributed by atoms with van der Waals surface area (Å²) in [7, 11) is 0. The molecule has 0 aliphatic heterocycles. The maximum Gasteiger partial charge on any atom is 0.162 e. The number of benzene rings is 1. The third-order valence-corrected chi connectivity index (χ3v) is 8.73. The molecule has 4 aliphatic rings. The van der Waals surface area contributed by atoms with E-state index in [0.717, 1.165) is 41.0 Å². The minimum atomic E-state index is 0.112. The van der Waals surface area contributed by atoms with E-state index in [0.29, 0.717) is 18.1 Å². The number of aromatic nitrogens is 1. The molecule has 3 unspecified atom stereocenters. The van der Waals surface area contributed by atoms with Gasteiger partial charge in [-0.3, -0.25) is 4.79 Å². The average molecular weight is 454 g/mol. The standard InChI is InChI=1S/C30H31NOS/c1-3-19-13-22-15-24(22)25(14-19)30-31-27(17-33-30)26-16-23(28(32)12-11-20-9-10-20)18(2)29(26)21-7-5-4-6-8-21/h4-8,13-14,16-17,20,22,24,29H,3,9-12,15H2,1-2H3. The van der Waals surface area contributed by atoms with Crippen molar-refractivity contribution in [3.05, 3.63) is 86.9 Å². The van der Waals surface area contributed by atoms with Crippen LogP contribution in [0.2, 0.25) is 0 Å². The van der Waals surface area contributed by atoms with E-state index < -0.39 is 0 Å². The normalized spacial score (nSPS) is 26.0. The zero-order valence-corrected chi connectivity index (χ0v) is 20.3. The number of thiazole rings is 1. The molecule has 3 heteroatoms. The molecule has 4 aliphatic carbocycles. The van der Waals surface area contributed by atoms with Gasteiger partial charge in [0.15, 0.2) is 5.78 Å². The fourth-order valence-electron chi connectivity index (χ4n) is 5.58. The number of rotatable bonds is 8. The second kappa shape index (κ2) is 8.36. The second-order valence-corrected chi connectivity index (χ2v) is 11.0. The van der Waals surface area contributed by atoms with Crippen LogP contribution in [0.4, 0.5) is 0 Å². The van der Waals surface area contributed by atoms with Crippen LogP contribution in [0, 0.1) is 17.8 Å². The summed E-state index contributed by atoms with van der Waals surface area (Å²) >= 11 is 1.77. The summed E-state index contributed by atoms with van der Waals surface area (Å²) in [6, 6.07) is 10.6. The largest absolute Gasteiger partial charge is 0.294 e. The average Bonchev–Trinajstić information content (AvgIpc) is 3.74. The summed E-state index contributed by atoms with van der Waals surface area (Å²) in [5.74, 6) is 2.57. The molecular weight excluding hydrogens is 422 g/mol. The lowest BCUT2D eigenvalue weighted by Gasteiger charge is -2.17. The molecule has 1 aromatic heterocycles. The Balaban J connectivity index is 1.34. The van der Waals surface area contributed by atoms with Crippen molar-refractivity contribution in [1.82, 2.24) is 4.98 Å². The lowest BCUT2D eigenvalue weighted by Crippen LogP contribution is -2.04. The minimum absolute atomic E-state index is 0.112. The van der Waals surface area contributed by atoms with E-state index >= 15 is 0 Å². The molecule has 2 nitrogen and oxygen atoms in total. The van der Waals surface area contributed by atoms with Gasteiger partial charge in [-0.2, -0.15) is 0 Å². The summed E-state index contributed by atoms with van der Waals surface area (Å²) in [5.41, 5.74) is 8.45. The summed E-state index contributed by atoms with van der Waals surface area (Å²) in [5, 5.41) is 3.37. The van der Waals surface area contributed by atoms with Crippen molar-refractivity contribution in [2.45, 2.75) is 58.3 Å². The van der Waals surface area contributed by atoms with Crippen LogP contribution >= 0.6 is 11.3 Å². The molecule has 2 aromatic rings. The number of hydrogen-bond donors (Lipinski definition) is 0. The van der Waals surface area contributed by atoms with Gasteiger partial charge in [-0.1, -0.05) is 73.4 Å². The van der Waals surface area contributed by atoms with Gasteiger partial charge in [0.1, 0.15) is 5.01 Å². The number of Topliss-reactive ketones (excluding diaryl/α,β-unsaturated/α-hetero) is 1. The van der Waals surface area contributed by atoms with Gasteiger partial charge in [-0.15, -0.1) is 11.3 Å². The van der Waals surface area contributed by atoms with Crippen molar-refractivity contribution in [2.75, 3.05) is 0 Å². The van der Waals surface area contributed by atoms with E-state index in [1.54, 1.807) is 11.3 Å². The van der Waals surface area contributed by atoms with Crippen molar-refractivity contribution in [3.63, 3.8) is 0 Å². The van der Waals surface area contributed by atoms with Crippen LogP contribution in [0.1, 0.15) is 74.6 Å². The van der Waals surface area contributed by atoms with E-state index in [2.05, 4.69) is 67.8 Å². The molecule has 168 valence electrons. The first-order valence-electron chi connectivity index (χ1n) is 12.5. The van der Waals surface area contributed by atoms with Crippen LogP contribution in [0.3, 0.4) is 0 Å². The number of carbonyl (C=O) groups is 1. The molecule has 6 rings (SSSR count). The highest BCUT2D eigenvalue weighted by Gasteiger charge is 2.42. The minimum Gasteiger partial charge on any atom is -0.294 e. The van der Waals surface area contributed by atoms with Crippen molar-refractivity contribution >= 4 is 28.3 Å². The molecule has 0 amide bonds. The van der Waals surface area contributed by atoms with Crippen LogP contribution in [-0.4, -0.2) is 10.8 Å². The molecular formula is C30H31NOS. The Morgan fingerprint density at radius 3 is 2.70 bits per heavy atom. The third-order valence-electron chi connectivity index (χ3n) is 7.84. The van der Waals surface area contributed by atoms with Gasteiger partial charge in [0.25, 0.3) is 0 Å². The molecule has 0 bridgehead atoms. The van der Waals surface area contributed by atoms with E-state index in [9.17, 15) is 4.79 Å². The Hall–Kier alpha value is -2.52. The molecule has 3 atom stereocenters. The topological polar surface area (TPSA) is 30.0 Å². The zero-order chi connectivity index (χ0) is 22.5. The predicted molar refractivity (Wildman–Crippen MR) is 137 cm³/mol. The lowest BCUT2D eigenvalue weighted by molar-refractivity contribution is -0.115. The number of hydrogen-bond acceptors (Lipinski definition) is 3. The molecule has 0 radical (unpaired) electrons. The Morgan fingerprint density at radius 1 is 1.12 bits per heavy atom. The molecule has 0 spiro atoms. The number of nitrogens with zero attached hydrogens (tertiary/aromatic N) is 1. The van der Waals surface area contributed by atoms with E-state index in [1.807, 2.05) is 0 Å². The van der Waals surface area contributed by atoms with Crippen LogP contribution < -0.4 is 0 Å². The number of allylic oxidation sites excluding steroid dienone is 8. The number of ketones is 1. The van der Waals surface area contributed by atoms with Crippen LogP contribution in [0.5, 0.6) is 0 Å². The highest BCUT2D eigenvalue weighted by atomic mass is 32.1. The smallest absolute Gasteiger partial charge is 0.162 e. The maximum absolute atomic E-state index is 13.2. The van der Waals surface area contributed by atoms with Gasteiger partial charge < -0.3 is 0 Å². The highest BCUT2D eigenvalue weighted by molar-refractivity contribution is 7.10. The van der Waals surface area contributed by atoms with Crippen molar-refractivity contribution in [1.29, 1.82) is 0 Å². The fraction of sp³-hybridized carbons (Fsp3) is 0.400. The van der Waals surface area contributed by atoms with Gasteiger partial charge in [0.05, 0.1) is 5.69 Å². The SMILES string of the molecule is CCC1=CC2CC2C(c2nc(C3=CC(C(=O)CCC4CC4)=C(C)C3c3ccccc3)cs2)=C1. The fourth-order valence-corrected chi connectivity index (χ4v) is 6.49. The van der Waals surface area contributed by atoms with Gasteiger partial charge >= 0.3 is 0 Å². The van der Waals surface area contributed by atoms with Gasteiger partial charge in [0, 0.05) is 23.3 Å². The highest BCUT2D eigenvalue weighted by Crippen LogP contribution is 2.54. The zero-order valence-electron chi connectivity index (χ0n) is 19.5. The second-order valence-electron chi connectivity index (χ2n) is 10.2. The molecule has 33 heavy (non-hydrogen) atoms. The van der Waals surface area contributed by atoms with Crippen LogP contribution in [0.15, 0.2) is 70.7 Å².